The van der Waals surface area contributed by atoms with Gasteiger partial charge in [-0.1, -0.05) is 0 Å². The molecular weight excluding hydrogens is 237 g/mol. The summed E-state index contributed by atoms with van der Waals surface area (Å²) < 4.78 is 0. The molecule has 0 aromatic rings. The van der Waals surface area contributed by atoms with Crippen LogP contribution in [0.4, 0.5) is 0 Å². The van der Waals surface area contributed by atoms with Gasteiger partial charge in [0.25, 0.3) is 0 Å². The van der Waals surface area contributed by atoms with E-state index in [-0.39, 0.29) is 115 Å². The summed E-state index contributed by atoms with van der Waals surface area (Å²) >= 11 is 0. The molecule has 0 saturated heterocycles. The fourth-order valence-corrected chi connectivity index (χ4v) is 0. The molecule has 0 aromatic carbocycles. The van der Waals surface area contributed by atoms with Crippen molar-refractivity contribution in [3.05, 3.63) is 0 Å². The van der Waals surface area contributed by atoms with Crippen LogP contribution in [0.25, 0.3) is 0 Å². The van der Waals surface area contributed by atoms with Crippen LogP contribution in [0.15, 0.2) is 0 Å². The molecule has 19 valence electrons. The summed E-state index contributed by atoms with van der Waals surface area (Å²) in [5, 5.41) is 0. The first kappa shape index (κ1) is 39.8. The molecule has 0 aromatic heterocycles. The van der Waals surface area contributed by atoms with E-state index >= 15 is 0 Å². The second kappa shape index (κ2) is 26.2. The summed E-state index contributed by atoms with van der Waals surface area (Å²) in [6, 6.07) is 0. The monoisotopic (exact) mass is 241 g/mol. The molecule has 0 amide bonds. The predicted molar refractivity (Wildman–Crippen MR) is 21.7 cm³/mol. The third-order valence-electron chi connectivity index (χ3n) is 0. The molecular formula is H4BCaMgMoZn. The van der Waals surface area contributed by atoms with Gasteiger partial charge in [0, 0.05) is 49.0 Å². The smallest absolute Gasteiger partial charge is 1.00 e. The Balaban J connectivity index is 0. The zero-order valence-electron chi connectivity index (χ0n) is 7.11. The van der Waals surface area contributed by atoms with Gasteiger partial charge in [-0.25, -0.2) is 0 Å². The number of hydrogen-bond acceptors (Lipinski definition) is 0. The maximum Gasteiger partial charge on any atom is 2.00 e. The Morgan fingerprint density at radius 3 is 1.20 bits per heavy atom. The summed E-state index contributed by atoms with van der Waals surface area (Å²) in [4.78, 5) is 0. The topological polar surface area (TPSA) is 0 Å². The Morgan fingerprint density at radius 2 is 1.20 bits per heavy atom. The average Bonchev–Trinajstić information content (AvgIpc) is 0. The van der Waals surface area contributed by atoms with Crippen molar-refractivity contribution < 1.29 is 46.2 Å². The number of hydrogen-bond donors (Lipinski definition) is 0. The van der Waals surface area contributed by atoms with Gasteiger partial charge in [-0.3, -0.25) is 0 Å². The van der Waals surface area contributed by atoms with Crippen molar-refractivity contribution in [2.24, 2.45) is 0 Å². The van der Waals surface area contributed by atoms with E-state index in [1.54, 1.807) is 0 Å². The van der Waals surface area contributed by atoms with Crippen molar-refractivity contribution in [2.45, 2.75) is 0 Å². The Labute approximate surface area is 113 Å². The van der Waals surface area contributed by atoms with E-state index in [0.29, 0.717) is 0 Å². The normalized spacial score (nSPS) is 0. The average molecular weight is 241 g/mol. The van der Waals surface area contributed by atoms with Crippen LogP contribution in [0, 0.1) is 0 Å². The maximum absolute atomic E-state index is 0. The SMILES string of the molecule is [B].[Ca+2].[H-].[H-].[H-].[H-].[Mg+2].[Mo].[Zn]. The summed E-state index contributed by atoms with van der Waals surface area (Å²) in [5.41, 5.74) is 0. The molecule has 0 N–H and O–H groups in total. The van der Waals surface area contributed by atoms with Crippen LogP contribution in [0.5, 0.6) is 0 Å². The van der Waals surface area contributed by atoms with E-state index in [1.165, 1.54) is 0 Å². The molecule has 0 spiro atoms. The minimum absolute atomic E-state index is 0. The second-order valence-corrected chi connectivity index (χ2v) is 0. The van der Waals surface area contributed by atoms with Crippen molar-refractivity contribution in [3.63, 3.8) is 0 Å². The van der Waals surface area contributed by atoms with Crippen LogP contribution in [0.2, 0.25) is 0 Å². The third kappa shape index (κ3) is 18.7. The van der Waals surface area contributed by atoms with Crippen molar-refractivity contribution in [2.75, 3.05) is 0 Å². The van der Waals surface area contributed by atoms with Gasteiger partial charge >= 0.3 is 60.8 Å². The van der Waals surface area contributed by atoms with E-state index in [2.05, 4.69) is 0 Å². The van der Waals surface area contributed by atoms with Crippen molar-refractivity contribution in [1.29, 1.82) is 0 Å². The van der Waals surface area contributed by atoms with Crippen LogP contribution in [-0.4, -0.2) is 69.2 Å². The Kier molecular flexibility index (Phi) is 208. The first-order valence-corrected chi connectivity index (χ1v) is 0. The van der Waals surface area contributed by atoms with Crippen LogP contribution in [-0.2, 0) is 40.5 Å². The van der Waals surface area contributed by atoms with Crippen LogP contribution < -0.4 is 0 Å². The molecule has 0 heterocycles. The molecule has 0 aliphatic heterocycles. The largest absolute Gasteiger partial charge is 2.00 e. The van der Waals surface area contributed by atoms with Gasteiger partial charge in [0.2, 0.25) is 0 Å². The first-order valence-electron chi connectivity index (χ1n) is 0. The van der Waals surface area contributed by atoms with Crippen LogP contribution in [0.1, 0.15) is 5.71 Å². The Morgan fingerprint density at radius 1 is 1.20 bits per heavy atom. The van der Waals surface area contributed by atoms with Gasteiger partial charge in [0.1, 0.15) is 0 Å². The van der Waals surface area contributed by atoms with E-state index in [1.807, 2.05) is 0 Å². The fourth-order valence-electron chi connectivity index (χ4n) is 0. The van der Waals surface area contributed by atoms with Crippen molar-refractivity contribution in [1.82, 2.24) is 0 Å². The standard InChI is InChI=1S/B.Ca.Mg.Mo.Zn.4H/q;2*+2;;;4*-1. The van der Waals surface area contributed by atoms with Crippen molar-refractivity contribution in [3.8, 4) is 0 Å². The van der Waals surface area contributed by atoms with Gasteiger partial charge in [-0.05, 0) is 0 Å². The predicted octanol–water partition coefficient (Wildman–Crippen LogP) is -0.697. The maximum atomic E-state index is 0. The molecule has 0 unspecified atom stereocenters. The quantitative estimate of drug-likeness (QED) is 0.492. The zero-order valence-corrected chi connectivity index (χ0v) is 11.7. The van der Waals surface area contributed by atoms with Gasteiger partial charge < -0.3 is 5.71 Å². The van der Waals surface area contributed by atoms with Crippen LogP contribution in [0.3, 0.4) is 0 Å². The van der Waals surface area contributed by atoms with Crippen LogP contribution >= 0.6 is 0 Å². The van der Waals surface area contributed by atoms with Gasteiger partial charge in [0.05, 0.1) is 0 Å². The molecule has 0 nitrogen and oxygen atoms in total. The van der Waals surface area contributed by atoms with Crippen molar-refractivity contribution >= 4 is 69.2 Å². The molecule has 3 radical (unpaired) electrons. The molecule has 0 fully saturated rings. The summed E-state index contributed by atoms with van der Waals surface area (Å²) in [5.74, 6) is 0. The summed E-state index contributed by atoms with van der Waals surface area (Å²) in [7, 11) is 0. The molecule has 0 aliphatic rings. The third-order valence-corrected chi connectivity index (χ3v) is 0. The summed E-state index contributed by atoms with van der Waals surface area (Å²) in [6.45, 7) is 0. The molecule has 0 saturated carbocycles. The molecule has 0 aliphatic carbocycles. The Bertz CT molecular complexity index is 20.5. The van der Waals surface area contributed by atoms with E-state index in [0.717, 1.165) is 0 Å². The van der Waals surface area contributed by atoms with E-state index in [4.69, 9.17) is 0 Å². The molecule has 0 atom stereocenters. The second-order valence-electron chi connectivity index (χ2n) is 0. The van der Waals surface area contributed by atoms with Gasteiger partial charge in [-0.2, -0.15) is 0 Å². The van der Waals surface area contributed by atoms with E-state index in [9.17, 15) is 0 Å². The minimum Gasteiger partial charge on any atom is -1.00 e. The van der Waals surface area contributed by atoms with Gasteiger partial charge in [0.15, 0.2) is 0 Å². The van der Waals surface area contributed by atoms with Gasteiger partial charge in [-0.15, -0.1) is 0 Å². The molecule has 0 bridgehead atoms. The summed E-state index contributed by atoms with van der Waals surface area (Å²) in [6.07, 6.45) is 0. The first-order chi connectivity index (χ1) is 0. The number of rotatable bonds is 0. The minimum atomic E-state index is 0. The molecule has 5 heteroatoms. The Hall–Kier alpha value is 3.40. The molecule has 5 heavy (non-hydrogen) atoms. The molecule has 0 rings (SSSR count). The fraction of sp³-hybridized carbons (Fsp3) is 0. The van der Waals surface area contributed by atoms with E-state index < -0.39 is 0 Å². The zero-order chi connectivity index (χ0) is 0.